The monoisotopic (exact) mass is 474 g/mol. The first-order chi connectivity index (χ1) is 15.3. The zero-order chi connectivity index (χ0) is 22.9. The highest BCUT2D eigenvalue weighted by Gasteiger charge is 2.36. The number of benzene rings is 1. The minimum absolute atomic E-state index is 0.0946. The number of aryl methyl sites for hydroxylation is 3. The van der Waals surface area contributed by atoms with Gasteiger partial charge >= 0.3 is 0 Å². The molecule has 0 spiro atoms. The van der Waals surface area contributed by atoms with Gasteiger partial charge in [-0.15, -0.1) is 11.3 Å². The number of piperidine rings is 1. The van der Waals surface area contributed by atoms with Crippen molar-refractivity contribution in [3.63, 3.8) is 0 Å². The van der Waals surface area contributed by atoms with Crippen LogP contribution in [0.1, 0.15) is 36.8 Å². The van der Waals surface area contributed by atoms with Crippen LogP contribution in [0.15, 0.2) is 39.1 Å². The van der Waals surface area contributed by atoms with Crippen LogP contribution in [-0.4, -0.2) is 41.9 Å². The zero-order valence-corrected chi connectivity index (χ0v) is 19.9. The number of sulfonamides is 1. The van der Waals surface area contributed by atoms with E-state index in [1.54, 1.807) is 13.8 Å². The van der Waals surface area contributed by atoms with Gasteiger partial charge in [0.15, 0.2) is 10.9 Å². The smallest absolute Gasteiger partial charge is 0.248 e. The third-order valence-corrected chi connectivity index (χ3v) is 8.58. The summed E-state index contributed by atoms with van der Waals surface area (Å²) in [5.74, 6) is -0.405. The molecule has 1 N–H and O–H groups in total. The van der Waals surface area contributed by atoms with Crippen molar-refractivity contribution in [3.05, 3.63) is 46.7 Å². The van der Waals surface area contributed by atoms with Crippen molar-refractivity contribution in [1.82, 2.24) is 14.4 Å². The van der Waals surface area contributed by atoms with Gasteiger partial charge in [-0.3, -0.25) is 4.79 Å². The molecule has 0 saturated carbocycles. The summed E-state index contributed by atoms with van der Waals surface area (Å²) in [6.07, 6.45) is 2.20. The predicted molar refractivity (Wildman–Crippen MR) is 123 cm³/mol. The van der Waals surface area contributed by atoms with E-state index in [0.29, 0.717) is 30.2 Å². The zero-order valence-electron chi connectivity index (χ0n) is 18.3. The van der Waals surface area contributed by atoms with Gasteiger partial charge in [0.05, 0.1) is 11.6 Å². The molecule has 3 heterocycles. The van der Waals surface area contributed by atoms with Crippen LogP contribution in [0.25, 0.3) is 11.3 Å². The van der Waals surface area contributed by atoms with Gasteiger partial charge in [-0.2, -0.15) is 4.31 Å². The second-order valence-electron chi connectivity index (χ2n) is 7.93. The Bertz CT molecular complexity index is 1200. The van der Waals surface area contributed by atoms with Gasteiger partial charge in [-0.1, -0.05) is 36.3 Å². The van der Waals surface area contributed by atoms with Crippen LogP contribution < -0.4 is 5.32 Å². The van der Waals surface area contributed by atoms with Crippen molar-refractivity contribution in [2.45, 2.75) is 44.9 Å². The number of hydrogen-bond acceptors (Lipinski definition) is 7. The quantitative estimate of drug-likeness (QED) is 0.579. The average molecular weight is 475 g/mol. The molecule has 3 aromatic rings. The van der Waals surface area contributed by atoms with E-state index in [1.165, 1.54) is 21.2 Å². The number of nitrogens with zero attached hydrogens (tertiary/aromatic N) is 3. The molecule has 1 aromatic carbocycles. The Balaban J connectivity index is 1.44. The summed E-state index contributed by atoms with van der Waals surface area (Å²) in [5.41, 5.74) is 3.38. The molecule has 8 nitrogen and oxygen atoms in total. The minimum Gasteiger partial charge on any atom is -0.360 e. The highest BCUT2D eigenvalue weighted by molar-refractivity contribution is 7.89. The lowest BCUT2D eigenvalue weighted by molar-refractivity contribution is -0.120. The fourth-order valence-corrected chi connectivity index (χ4v) is 6.47. The van der Waals surface area contributed by atoms with Crippen LogP contribution >= 0.6 is 11.3 Å². The van der Waals surface area contributed by atoms with E-state index in [1.807, 2.05) is 17.5 Å². The van der Waals surface area contributed by atoms with Crippen LogP contribution in [0.4, 0.5) is 5.13 Å². The number of carbonyl (C=O) groups excluding carboxylic acids is 1. The van der Waals surface area contributed by atoms with E-state index < -0.39 is 15.9 Å². The Morgan fingerprint density at radius 3 is 2.69 bits per heavy atom. The van der Waals surface area contributed by atoms with Crippen molar-refractivity contribution in [2.75, 3.05) is 18.4 Å². The molecule has 1 fully saturated rings. The molecular formula is C22H26N4O4S2. The number of amides is 1. The SMILES string of the molecule is CCc1ccc(-c2csc(NC(=O)C3CCCN(S(=O)(=O)c4c(C)noc4C)C3)n2)cc1. The molecule has 1 aliphatic heterocycles. The third kappa shape index (κ3) is 4.48. The van der Waals surface area contributed by atoms with Crippen LogP contribution in [0, 0.1) is 19.8 Å². The van der Waals surface area contributed by atoms with Crippen LogP contribution in [0.3, 0.4) is 0 Å². The number of hydrogen-bond donors (Lipinski definition) is 1. The summed E-state index contributed by atoms with van der Waals surface area (Å²) in [6, 6.07) is 8.20. The van der Waals surface area contributed by atoms with E-state index in [-0.39, 0.29) is 23.1 Å². The molecule has 1 atom stereocenters. The van der Waals surface area contributed by atoms with E-state index in [2.05, 4.69) is 34.5 Å². The van der Waals surface area contributed by atoms with Gasteiger partial charge in [-0.05, 0) is 38.7 Å². The van der Waals surface area contributed by atoms with E-state index >= 15 is 0 Å². The average Bonchev–Trinajstić information content (AvgIpc) is 3.40. The first kappa shape index (κ1) is 22.6. The normalized spacial score (nSPS) is 17.4. The minimum atomic E-state index is -3.77. The number of rotatable bonds is 6. The van der Waals surface area contributed by atoms with Gasteiger partial charge in [0.2, 0.25) is 15.9 Å². The highest BCUT2D eigenvalue weighted by Crippen LogP contribution is 2.29. The fraction of sp³-hybridized carbons (Fsp3) is 0.409. The Hall–Kier alpha value is -2.56. The Morgan fingerprint density at radius 1 is 1.28 bits per heavy atom. The maximum Gasteiger partial charge on any atom is 0.248 e. The van der Waals surface area contributed by atoms with Gasteiger partial charge in [-0.25, -0.2) is 13.4 Å². The molecule has 1 saturated heterocycles. The molecule has 1 amide bonds. The van der Waals surface area contributed by atoms with E-state index in [0.717, 1.165) is 17.7 Å². The summed E-state index contributed by atoms with van der Waals surface area (Å²) >= 11 is 1.36. The van der Waals surface area contributed by atoms with Crippen LogP contribution in [0.5, 0.6) is 0 Å². The molecule has 4 rings (SSSR count). The third-order valence-electron chi connectivity index (χ3n) is 5.71. The van der Waals surface area contributed by atoms with Crippen molar-refractivity contribution in [3.8, 4) is 11.3 Å². The molecule has 1 aliphatic rings. The molecule has 0 bridgehead atoms. The molecule has 10 heteroatoms. The van der Waals surface area contributed by atoms with Crippen molar-refractivity contribution in [2.24, 2.45) is 5.92 Å². The number of carbonyl (C=O) groups is 1. The maximum atomic E-state index is 13.1. The fourth-order valence-electron chi connectivity index (χ4n) is 3.93. The van der Waals surface area contributed by atoms with Gasteiger partial charge in [0.25, 0.3) is 0 Å². The van der Waals surface area contributed by atoms with Crippen LogP contribution in [0.2, 0.25) is 0 Å². The summed E-state index contributed by atoms with van der Waals surface area (Å²) in [4.78, 5) is 17.5. The van der Waals surface area contributed by atoms with Gasteiger partial charge < -0.3 is 9.84 Å². The Morgan fingerprint density at radius 2 is 2.03 bits per heavy atom. The molecule has 1 unspecified atom stereocenters. The first-order valence-electron chi connectivity index (χ1n) is 10.6. The molecule has 32 heavy (non-hydrogen) atoms. The lowest BCUT2D eigenvalue weighted by atomic mass is 9.99. The van der Waals surface area contributed by atoms with E-state index in [4.69, 9.17) is 4.52 Å². The van der Waals surface area contributed by atoms with Crippen molar-refractivity contribution >= 4 is 32.4 Å². The summed E-state index contributed by atoms with van der Waals surface area (Å²) in [7, 11) is -3.77. The summed E-state index contributed by atoms with van der Waals surface area (Å²) < 4.78 is 32.6. The largest absolute Gasteiger partial charge is 0.360 e. The van der Waals surface area contributed by atoms with E-state index in [9.17, 15) is 13.2 Å². The maximum absolute atomic E-state index is 13.1. The standard InChI is InChI=1S/C22H26N4O4S2/c1-4-16-7-9-17(10-8-16)19-13-31-22(23-19)24-21(27)18-6-5-11-26(12-18)32(28,29)20-14(2)25-30-15(20)3/h7-10,13,18H,4-6,11-12H2,1-3H3,(H,23,24,27). The Kier molecular flexibility index (Phi) is 6.45. The summed E-state index contributed by atoms with van der Waals surface area (Å²) in [5, 5.41) is 9.05. The molecule has 2 aromatic heterocycles. The lowest BCUT2D eigenvalue weighted by Crippen LogP contribution is -2.43. The Labute approximate surface area is 191 Å². The number of thiazole rings is 1. The van der Waals surface area contributed by atoms with Crippen molar-refractivity contribution in [1.29, 1.82) is 0 Å². The second-order valence-corrected chi connectivity index (χ2v) is 10.7. The molecular weight excluding hydrogens is 448 g/mol. The van der Waals surface area contributed by atoms with Crippen molar-refractivity contribution < 1.29 is 17.7 Å². The predicted octanol–water partition coefficient (Wildman–Crippen LogP) is 4.02. The molecule has 0 aliphatic carbocycles. The lowest BCUT2D eigenvalue weighted by Gasteiger charge is -2.30. The summed E-state index contributed by atoms with van der Waals surface area (Å²) in [6.45, 7) is 5.78. The number of nitrogens with one attached hydrogen (secondary N) is 1. The molecule has 0 radical (unpaired) electrons. The topological polar surface area (TPSA) is 105 Å². The number of anilines is 1. The van der Waals surface area contributed by atoms with Gasteiger partial charge in [0, 0.05) is 24.0 Å². The van der Waals surface area contributed by atoms with Crippen LogP contribution in [-0.2, 0) is 21.2 Å². The number of aromatic nitrogens is 2. The first-order valence-corrected chi connectivity index (χ1v) is 12.9. The second kappa shape index (κ2) is 9.13. The van der Waals surface area contributed by atoms with Gasteiger partial charge in [0.1, 0.15) is 10.6 Å². The highest BCUT2D eigenvalue weighted by atomic mass is 32.2. The molecule has 170 valence electrons.